The molecule has 0 radical (unpaired) electrons. The van der Waals surface area contributed by atoms with E-state index in [1.165, 1.54) is 0 Å². The second kappa shape index (κ2) is 15.0. The highest BCUT2D eigenvalue weighted by atomic mass is 35.5. The van der Waals surface area contributed by atoms with Gasteiger partial charge in [0.15, 0.2) is 0 Å². The Morgan fingerprint density at radius 1 is 1.27 bits per heavy atom. The van der Waals surface area contributed by atoms with Gasteiger partial charge in [-0.1, -0.05) is 52.6 Å². The van der Waals surface area contributed by atoms with Crippen LogP contribution in [0.1, 0.15) is 84.2 Å². The molecular formula is C30H46ClN3O6. The van der Waals surface area contributed by atoms with Crippen LogP contribution in [0.15, 0.2) is 18.5 Å². The third kappa shape index (κ3) is 8.10. The lowest BCUT2D eigenvalue weighted by atomic mass is 9.80. The molecule has 0 saturated carbocycles. The van der Waals surface area contributed by atoms with Crippen LogP contribution in [-0.4, -0.2) is 59.0 Å². The van der Waals surface area contributed by atoms with E-state index in [2.05, 4.69) is 10.3 Å². The molecule has 5 atom stereocenters. The van der Waals surface area contributed by atoms with Crippen LogP contribution in [0.3, 0.4) is 0 Å². The van der Waals surface area contributed by atoms with E-state index in [-0.39, 0.29) is 29.6 Å². The number of hydrogen-bond donors (Lipinski definition) is 2. The van der Waals surface area contributed by atoms with Crippen LogP contribution in [0, 0.1) is 23.7 Å². The van der Waals surface area contributed by atoms with Crippen molar-refractivity contribution in [1.82, 2.24) is 14.7 Å². The number of aliphatic hydroxyl groups excluding tert-OH is 1. The van der Waals surface area contributed by atoms with Gasteiger partial charge in [0.2, 0.25) is 0 Å². The minimum absolute atomic E-state index is 0.0480. The fourth-order valence-electron chi connectivity index (χ4n) is 5.38. The fourth-order valence-corrected chi connectivity index (χ4v) is 5.65. The molecule has 1 saturated heterocycles. The van der Waals surface area contributed by atoms with E-state index in [0.29, 0.717) is 43.1 Å². The van der Waals surface area contributed by atoms with E-state index in [1.807, 2.05) is 45.2 Å². The van der Waals surface area contributed by atoms with Crippen LogP contribution in [-0.2, 0) is 25.4 Å². The summed E-state index contributed by atoms with van der Waals surface area (Å²) in [5, 5.41) is 15.2. The summed E-state index contributed by atoms with van der Waals surface area (Å²) in [6, 6.07) is 1.27. The number of nitrogens with one attached hydrogen (secondary N) is 1. The number of esters is 1. The van der Waals surface area contributed by atoms with Crippen LogP contribution in [0.2, 0.25) is 5.02 Å². The standard InChI is InChI=1S/C30H46ClN3O6/c1-7-8-12-39-30(37)33-24(26-15-22(19(4)5)29(36)40-26)14-21(18(2)3)28(35)20-13-23(31)25-16-32-27(34(25)17-20)10-9-11-38-6/h13,16-19,21-22,24,26,28,35H,7-12,14-15H2,1-6H3,(H,33,37). The number of methoxy groups -OCH3 is 1. The van der Waals surface area contributed by atoms with Gasteiger partial charge in [-0.3, -0.25) is 4.79 Å². The van der Waals surface area contributed by atoms with Gasteiger partial charge < -0.3 is 29.0 Å². The van der Waals surface area contributed by atoms with E-state index in [4.69, 9.17) is 25.8 Å². The lowest BCUT2D eigenvalue weighted by molar-refractivity contribution is -0.146. The van der Waals surface area contributed by atoms with E-state index in [0.717, 1.165) is 30.6 Å². The molecule has 0 spiro atoms. The van der Waals surface area contributed by atoms with Gasteiger partial charge in [-0.25, -0.2) is 9.78 Å². The highest BCUT2D eigenvalue weighted by molar-refractivity contribution is 6.33. The highest BCUT2D eigenvalue weighted by Crippen LogP contribution is 2.37. The smallest absolute Gasteiger partial charge is 0.407 e. The Morgan fingerprint density at radius 2 is 2.02 bits per heavy atom. The summed E-state index contributed by atoms with van der Waals surface area (Å²) in [5.74, 6) is 0.274. The number of rotatable bonds is 15. The van der Waals surface area contributed by atoms with Crippen molar-refractivity contribution in [3.05, 3.63) is 34.9 Å². The minimum atomic E-state index is -0.880. The molecule has 1 aliphatic heterocycles. The molecule has 9 nitrogen and oxygen atoms in total. The molecule has 5 unspecified atom stereocenters. The van der Waals surface area contributed by atoms with Gasteiger partial charge >= 0.3 is 12.1 Å². The van der Waals surface area contributed by atoms with Crippen LogP contribution in [0.4, 0.5) is 4.79 Å². The third-order valence-electron chi connectivity index (χ3n) is 7.91. The first-order valence-electron chi connectivity index (χ1n) is 14.5. The number of unbranched alkanes of at least 4 members (excludes halogenated alkanes) is 1. The lowest BCUT2D eigenvalue weighted by Crippen LogP contribution is -2.46. The van der Waals surface area contributed by atoms with Crippen LogP contribution in [0.5, 0.6) is 0 Å². The maximum atomic E-state index is 12.7. The summed E-state index contributed by atoms with van der Waals surface area (Å²) < 4.78 is 18.3. The zero-order chi connectivity index (χ0) is 29.4. The van der Waals surface area contributed by atoms with Crippen molar-refractivity contribution in [2.45, 2.75) is 91.4 Å². The third-order valence-corrected chi connectivity index (χ3v) is 8.22. The summed E-state index contributed by atoms with van der Waals surface area (Å²) >= 11 is 6.64. The lowest BCUT2D eigenvalue weighted by Gasteiger charge is -2.33. The van der Waals surface area contributed by atoms with Crippen molar-refractivity contribution in [2.24, 2.45) is 23.7 Å². The fraction of sp³-hybridized carbons (Fsp3) is 0.700. The molecule has 2 N–H and O–H groups in total. The van der Waals surface area contributed by atoms with Crippen molar-refractivity contribution in [1.29, 1.82) is 0 Å². The molecule has 2 aromatic heterocycles. The van der Waals surface area contributed by atoms with Gasteiger partial charge in [0, 0.05) is 26.3 Å². The summed E-state index contributed by atoms with van der Waals surface area (Å²) in [4.78, 5) is 29.9. The number of imidazole rings is 1. The molecule has 1 amide bonds. The Kier molecular flexibility index (Phi) is 12.1. The zero-order valence-corrected chi connectivity index (χ0v) is 25.4. The van der Waals surface area contributed by atoms with Gasteiger partial charge in [-0.05, 0) is 55.1 Å². The second-order valence-corrected chi connectivity index (χ2v) is 11.9. The maximum absolute atomic E-state index is 12.7. The molecule has 3 heterocycles. The predicted octanol–water partition coefficient (Wildman–Crippen LogP) is 5.75. The van der Waals surface area contributed by atoms with Crippen molar-refractivity contribution in [3.63, 3.8) is 0 Å². The number of fused-ring (bicyclic) bond motifs is 1. The van der Waals surface area contributed by atoms with E-state index in [1.54, 1.807) is 19.4 Å². The second-order valence-electron chi connectivity index (χ2n) is 11.5. The van der Waals surface area contributed by atoms with Crippen molar-refractivity contribution in [3.8, 4) is 0 Å². The number of alkyl carbamates (subject to hydrolysis) is 1. The molecule has 1 aliphatic rings. The highest BCUT2D eigenvalue weighted by Gasteiger charge is 2.42. The number of carbonyl (C=O) groups excluding carboxylic acids is 2. The number of aryl methyl sites for hydroxylation is 1. The molecule has 2 aromatic rings. The zero-order valence-electron chi connectivity index (χ0n) is 24.7. The number of cyclic esters (lactones) is 1. The van der Waals surface area contributed by atoms with Gasteiger partial charge in [0.25, 0.3) is 0 Å². The molecule has 1 fully saturated rings. The molecule has 40 heavy (non-hydrogen) atoms. The number of halogens is 1. The first-order chi connectivity index (χ1) is 19.1. The Hall–Kier alpha value is -2.36. The van der Waals surface area contributed by atoms with E-state index >= 15 is 0 Å². The number of pyridine rings is 1. The van der Waals surface area contributed by atoms with Crippen molar-refractivity contribution < 1.29 is 28.9 Å². The summed E-state index contributed by atoms with van der Waals surface area (Å²) in [7, 11) is 1.67. The minimum Gasteiger partial charge on any atom is -0.460 e. The molecule has 0 aliphatic carbocycles. The van der Waals surface area contributed by atoms with Crippen molar-refractivity contribution >= 4 is 29.2 Å². The molecule has 224 valence electrons. The van der Waals surface area contributed by atoms with Gasteiger partial charge in [0.1, 0.15) is 11.9 Å². The Balaban J connectivity index is 1.87. The predicted molar refractivity (Wildman–Crippen MR) is 154 cm³/mol. The maximum Gasteiger partial charge on any atom is 0.407 e. The van der Waals surface area contributed by atoms with Gasteiger partial charge in [-0.2, -0.15) is 0 Å². The number of carbonyl (C=O) groups is 2. The molecule has 3 rings (SSSR count). The van der Waals surface area contributed by atoms with E-state index < -0.39 is 24.3 Å². The molecule has 10 heteroatoms. The Bertz CT molecular complexity index is 1120. The SMILES string of the molecule is CCCCOC(=O)NC(CC(C(C)C)C(O)c1cc(Cl)c2cnc(CCCOC)n2c1)C1CC(C(C)C)C(=O)O1. The number of aromatic nitrogens is 2. The first-order valence-corrected chi connectivity index (χ1v) is 14.9. The first kappa shape index (κ1) is 32.2. The number of aliphatic hydroxyl groups is 1. The largest absolute Gasteiger partial charge is 0.460 e. The Morgan fingerprint density at radius 3 is 2.65 bits per heavy atom. The average molecular weight is 580 g/mol. The van der Waals surface area contributed by atoms with Crippen molar-refractivity contribution in [2.75, 3.05) is 20.3 Å². The number of ether oxygens (including phenoxy) is 3. The summed E-state index contributed by atoms with van der Waals surface area (Å²) in [6.45, 7) is 11.0. The number of amides is 1. The topological polar surface area (TPSA) is 111 Å². The number of hydrogen-bond acceptors (Lipinski definition) is 7. The van der Waals surface area contributed by atoms with E-state index in [9.17, 15) is 14.7 Å². The van der Waals surface area contributed by atoms with Crippen LogP contribution in [0.25, 0.3) is 5.52 Å². The Labute approximate surface area is 242 Å². The van der Waals surface area contributed by atoms with Crippen LogP contribution >= 0.6 is 11.6 Å². The number of nitrogens with zero attached hydrogens (tertiary/aromatic N) is 2. The molecule has 0 aromatic carbocycles. The normalized spacial score (nSPS) is 19.7. The monoisotopic (exact) mass is 579 g/mol. The summed E-state index contributed by atoms with van der Waals surface area (Å²) in [5.41, 5.74) is 1.44. The quantitative estimate of drug-likeness (QED) is 0.204. The van der Waals surface area contributed by atoms with Crippen LogP contribution < -0.4 is 5.32 Å². The molecule has 0 bridgehead atoms. The van der Waals surface area contributed by atoms with Gasteiger partial charge in [-0.15, -0.1) is 0 Å². The average Bonchev–Trinajstić information content (AvgIpc) is 3.50. The molecular weight excluding hydrogens is 534 g/mol. The summed E-state index contributed by atoms with van der Waals surface area (Å²) in [6.07, 6.45) is 5.81. The van der Waals surface area contributed by atoms with Gasteiger partial charge in [0.05, 0.1) is 41.4 Å².